The minimum atomic E-state index is -0.00782. The molecule has 1 unspecified atom stereocenters. The molecule has 1 aliphatic rings. The van der Waals surface area contributed by atoms with E-state index >= 15 is 0 Å². The number of imidazole rings is 1. The van der Waals surface area contributed by atoms with E-state index in [1.54, 1.807) is 6.33 Å². The number of H-pyrrole nitrogens is 1. The maximum Gasteiger partial charge on any atom is 0.231 e. The molecule has 4 aromatic rings. The number of nitrogens with one attached hydrogen (secondary N) is 1. The number of anilines is 1. The van der Waals surface area contributed by atoms with Gasteiger partial charge in [0.1, 0.15) is 11.8 Å². The highest BCUT2D eigenvalue weighted by Crippen LogP contribution is 2.28. The number of hydrogen-bond acceptors (Lipinski definition) is 6. The topological polar surface area (TPSA) is 84.2 Å². The second-order valence-electron chi connectivity index (χ2n) is 9.17. The van der Waals surface area contributed by atoms with Gasteiger partial charge in [0, 0.05) is 36.2 Å². The summed E-state index contributed by atoms with van der Waals surface area (Å²) in [6.07, 6.45) is 4.69. The van der Waals surface area contributed by atoms with Crippen LogP contribution in [0.5, 0.6) is 5.88 Å². The summed E-state index contributed by atoms with van der Waals surface area (Å²) in [5, 5.41) is 4.58. The van der Waals surface area contributed by atoms with E-state index in [1.165, 1.54) is 0 Å². The highest BCUT2D eigenvalue weighted by molar-refractivity contribution is 5.86. The predicted molar refractivity (Wildman–Crippen MR) is 116 cm³/mol. The van der Waals surface area contributed by atoms with Crippen LogP contribution in [0.25, 0.3) is 16.7 Å². The molecule has 0 aliphatic carbocycles. The van der Waals surface area contributed by atoms with E-state index < -0.39 is 0 Å². The van der Waals surface area contributed by atoms with Gasteiger partial charge in [0.25, 0.3) is 0 Å². The number of fused-ring (bicyclic) bond motifs is 2. The van der Waals surface area contributed by atoms with E-state index in [0.29, 0.717) is 18.4 Å². The molecule has 4 aromatic heterocycles. The van der Waals surface area contributed by atoms with Gasteiger partial charge in [0.2, 0.25) is 5.88 Å². The first kappa shape index (κ1) is 18.8. The van der Waals surface area contributed by atoms with Crippen molar-refractivity contribution in [1.29, 1.82) is 0 Å². The minimum absolute atomic E-state index is 0.00782. The summed E-state index contributed by atoms with van der Waals surface area (Å²) < 4.78 is 7.85. The Morgan fingerprint density at radius 2 is 2.10 bits per heavy atom. The number of nitrogens with zero attached hydrogens (tertiary/aromatic N) is 6. The first-order valence-electron chi connectivity index (χ1n) is 10.4. The van der Waals surface area contributed by atoms with Crippen molar-refractivity contribution in [2.45, 2.75) is 39.5 Å². The summed E-state index contributed by atoms with van der Waals surface area (Å²) in [5.74, 6) is 2.03. The summed E-state index contributed by atoms with van der Waals surface area (Å²) in [6, 6.07) is 5.92. The third-order valence-electron chi connectivity index (χ3n) is 5.65. The predicted octanol–water partition coefficient (Wildman–Crippen LogP) is 3.51. The van der Waals surface area contributed by atoms with Crippen molar-refractivity contribution in [3.63, 3.8) is 0 Å². The molecule has 0 amide bonds. The SMILES string of the molecule is Cc1cc2ncnc(N3CCC(COc4ccc5nc(C(C)(C)C)cn5n4)C3)c2[nH]1. The lowest BCUT2D eigenvalue weighted by Gasteiger charge is -2.18. The minimum Gasteiger partial charge on any atom is -0.476 e. The Labute approximate surface area is 175 Å². The molecule has 156 valence electrons. The molecule has 30 heavy (non-hydrogen) atoms. The number of ether oxygens (including phenoxy) is 1. The largest absolute Gasteiger partial charge is 0.476 e. The monoisotopic (exact) mass is 405 g/mol. The number of aromatic nitrogens is 6. The molecule has 0 aromatic carbocycles. The van der Waals surface area contributed by atoms with Crippen LogP contribution in [0.1, 0.15) is 38.6 Å². The van der Waals surface area contributed by atoms with Gasteiger partial charge in [-0.15, -0.1) is 5.10 Å². The molecule has 0 radical (unpaired) electrons. The van der Waals surface area contributed by atoms with Crippen LogP contribution in [0.4, 0.5) is 5.82 Å². The first-order chi connectivity index (χ1) is 14.4. The highest BCUT2D eigenvalue weighted by Gasteiger charge is 2.26. The van der Waals surface area contributed by atoms with Crippen LogP contribution in [-0.4, -0.2) is 49.2 Å². The van der Waals surface area contributed by atoms with Crippen molar-refractivity contribution in [2.75, 3.05) is 24.6 Å². The Hall–Kier alpha value is -3.16. The van der Waals surface area contributed by atoms with Gasteiger partial charge in [-0.2, -0.15) is 0 Å². The van der Waals surface area contributed by atoms with Gasteiger partial charge in [-0.1, -0.05) is 20.8 Å². The number of aryl methyl sites for hydroxylation is 1. The van der Waals surface area contributed by atoms with Crippen LogP contribution in [0.15, 0.2) is 30.7 Å². The van der Waals surface area contributed by atoms with Crippen molar-refractivity contribution in [1.82, 2.24) is 29.5 Å². The Balaban J connectivity index is 1.26. The highest BCUT2D eigenvalue weighted by atomic mass is 16.5. The van der Waals surface area contributed by atoms with Crippen LogP contribution < -0.4 is 9.64 Å². The molecule has 0 bridgehead atoms. The summed E-state index contributed by atoms with van der Waals surface area (Å²) in [5.41, 5.74) is 4.93. The average molecular weight is 406 g/mol. The zero-order chi connectivity index (χ0) is 20.9. The fourth-order valence-electron chi connectivity index (χ4n) is 3.96. The van der Waals surface area contributed by atoms with Crippen molar-refractivity contribution in [2.24, 2.45) is 5.92 Å². The van der Waals surface area contributed by atoms with E-state index in [4.69, 9.17) is 4.74 Å². The van der Waals surface area contributed by atoms with Gasteiger partial charge in [-0.05, 0) is 25.5 Å². The zero-order valence-electron chi connectivity index (χ0n) is 17.9. The summed E-state index contributed by atoms with van der Waals surface area (Å²) in [6.45, 7) is 11.0. The first-order valence-corrected chi connectivity index (χ1v) is 10.4. The van der Waals surface area contributed by atoms with E-state index in [9.17, 15) is 0 Å². The standard InChI is InChI=1S/C22H27N7O/c1-14-9-16-20(25-14)21(24-13-23-16)28-8-7-15(10-28)12-30-19-6-5-18-26-17(22(2,3)4)11-29(18)27-19/h5-6,9,11,13,15,25H,7-8,10,12H2,1-4H3. The number of rotatable bonds is 4. The number of hydrogen-bond donors (Lipinski definition) is 1. The molecule has 1 atom stereocenters. The maximum atomic E-state index is 6.04. The summed E-state index contributed by atoms with van der Waals surface area (Å²) in [7, 11) is 0. The molecule has 8 heteroatoms. The fourth-order valence-corrected chi connectivity index (χ4v) is 3.96. The fraction of sp³-hybridized carbons (Fsp3) is 0.455. The van der Waals surface area contributed by atoms with Crippen LogP contribution in [0, 0.1) is 12.8 Å². The molecule has 5 heterocycles. The second kappa shape index (κ2) is 6.97. The van der Waals surface area contributed by atoms with Gasteiger partial charge in [-0.3, -0.25) is 0 Å². The summed E-state index contributed by atoms with van der Waals surface area (Å²) >= 11 is 0. The van der Waals surface area contributed by atoms with E-state index in [-0.39, 0.29) is 5.41 Å². The zero-order valence-corrected chi connectivity index (χ0v) is 17.9. The lowest BCUT2D eigenvalue weighted by molar-refractivity contribution is 0.249. The molecule has 8 nitrogen and oxygen atoms in total. The van der Waals surface area contributed by atoms with Crippen molar-refractivity contribution >= 4 is 22.5 Å². The Morgan fingerprint density at radius 1 is 1.23 bits per heavy atom. The quantitative estimate of drug-likeness (QED) is 0.559. The molecular formula is C22H27N7O. The van der Waals surface area contributed by atoms with Gasteiger partial charge in [0.05, 0.1) is 24.0 Å². The lowest BCUT2D eigenvalue weighted by atomic mass is 9.93. The Kier molecular flexibility index (Phi) is 4.38. The van der Waals surface area contributed by atoms with Gasteiger partial charge in [-0.25, -0.2) is 19.5 Å². The normalized spacial score (nSPS) is 17.3. The molecule has 0 saturated carbocycles. The molecule has 1 N–H and O–H groups in total. The van der Waals surface area contributed by atoms with Crippen LogP contribution in [0.3, 0.4) is 0 Å². The van der Waals surface area contributed by atoms with Crippen LogP contribution >= 0.6 is 0 Å². The average Bonchev–Trinajstić information content (AvgIpc) is 3.42. The molecule has 1 saturated heterocycles. The Morgan fingerprint density at radius 3 is 2.93 bits per heavy atom. The van der Waals surface area contributed by atoms with E-state index in [2.05, 4.69) is 56.8 Å². The molecule has 0 spiro atoms. The van der Waals surface area contributed by atoms with E-state index in [1.807, 2.05) is 29.8 Å². The second-order valence-corrected chi connectivity index (χ2v) is 9.17. The maximum absolute atomic E-state index is 6.04. The third kappa shape index (κ3) is 3.46. The summed E-state index contributed by atoms with van der Waals surface area (Å²) in [4.78, 5) is 19.3. The number of aromatic amines is 1. The molecule has 5 rings (SSSR count). The van der Waals surface area contributed by atoms with Crippen LogP contribution in [-0.2, 0) is 5.41 Å². The molecule has 1 aliphatic heterocycles. The van der Waals surface area contributed by atoms with Crippen molar-refractivity contribution in [3.8, 4) is 5.88 Å². The lowest BCUT2D eigenvalue weighted by Crippen LogP contribution is -2.23. The van der Waals surface area contributed by atoms with Gasteiger partial charge >= 0.3 is 0 Å². The van der Waals surface area contributed by atoms with Gasteiger partial charge < -0.3 is 14.6 Å². The Bertz CT molecular complexity index is 1200. The van der Waals surface area contributed by atoms with Crippen molar-refractivity contribution < 1.29 is 4.74 Å². The smallest absolute Gasteiger partial charge is 0.231 e. The molecular weight excluding hydrogens is 378 g/mol. The molecule has 1 fully saturated rings. The van der Waals surface area contributed by atoms with E-state index in [0.717, 1.165) is 53.4 Å². The van der Waals surface area contributed by atoms with Crippen LogP contribution in [0.2, 0.25) is 0 Å². The van der Waals surface area contributed by atoms with Crippen molar-refractivity contribution in [3.05, 3.63) is 42.1 Å². The van der Waals surface area contributed by atoms with Gasteiger partial charge in [0.15, 0.2) is 11.5 Å². The third-order valence-corrected chi connectivity index (χ3v) is 5.65.